The summed E-state index contributed by atoms with van der Waals surface area (Å²) < 4.78 is 5.63. The number of anilines is 1. The Morgan fingerprint density at radius 3 is 3.00 bits per heavy atom. The van der Waals surface area contributed by atoms with Crippen molar-refractivity contribution in [3.05, 3.63) is 48.0 Å². The van der Waals surface area contributed by atoms with Crippen molar-refractivity contribution in [2.45, 2.75) is 17.9 Å². The fraction of sp³-hybridized carbons (Fsp3) is 0.250. The van der Waals surface area contributed by atoms with E-state index in [0.717, 1.165) is 22.8 Å². The Balaban J connectivity index is 1.84. The molecule has 4 heteroatoms. The second-order valence-electron chi connectivity index (χ2n) is 4.66. The Morgan fingerprint density at radius 2 is 2.15 bits per heavy atom. The zero-order valence-corrected chi connectivity index (χ0v) is 12.1. The quantitative estimate of drug-likeness (QED) is 0.832. The van der Waals surface area contributed by atoms with Gasteiger partial charge >= 0.3 is 0 Å². The van der Waals surface area contributed by atoms with Gasteiger partial charge in [0.05, 0.1) is 6.04 Å². The predicted octanol–water partition coefficient (Wildman–Crippen LogP) is 4.05. The monoisotopic (exact) mass is 287 g/mol. The maximum Gasteiger partial charge on any atom is 0.128 e. The summed E-state index contributed by atoms with van der Waals surface area (Å²) in [6, 6.07) is 13.7. The van der Waals surface area contributed by atoms with Gasteiger partial charge in [-0.1, -0.05) is 19.1 Å². The van der Waals surface area contributed by atoms with E-state index in [1.807, 2.05) is 23.9 Å². The van der Waals surface area contributed by atoms with Gasteiger partial charge in [0.15, 0.2) is 0 Å². The summed E-state index contributed by atoms with van der Waals surface area (Å²) in [6.45, 7) is 2.74. The average molecular weight is 287 g/mol. The minimum Gasteiger partial charge on any atom is -0.508 e. The molecule has 2 aromatic carbocycles. The van der Waals surface area contributed by atoms with Crippen LogP contribution in [0.5, 0.6) is 11.5 Å². The summed E-state index contributed by atoms with van der Waals surface area (Å²) in [5, 5.41) is 13.0. The molecule has 1 atom stereocenters. The maximum atomic E-state index is 9.48. The number of thioether (sulfide) groups is 1. The third-order valence-electron chi connectivity index (χ3n) is 3.29. The van der Waals surface area contributed by atoms with Crippen LogP contribution < -0.4 is 10.1 Å². The Bertz CT molecular complexity index is 615. The number of phenols is 1. The number of hydrogen-bond donors (Lipinski definition) is 2. The third kappa shape index (κ3) is 2.56. The van der Waals surface area contributed by atoms with Gasteiger partial charge in [-0.05, 0) is 30.0 Å². The van der Waals surface area contributed by atoms with Crippen LogP contribution >= 0.6 is 11.8 Å². The van der Waals surface area contributed by atoms with E-state index in [1.54, 1.807) is 12.1 Å². The molecule has 1 unspecified atom stereocenters. The molecule has 0 aromatic heterocycles. The number of hydrogen-bond acceptors (Lipinski definition) is 4. The zero-order chi connectivity index (χ0) is 13.9. The van der Waals surface area contributed by atoms with Crippen molar-refractivity contribution in [1.29, 1.82) is 0 Å². The van der Waals surface area contributed by atoms with Gasteiger partial charge in [-0.25, -0.2) is 0 Å². The van der Waals surface area contributed by atoms with E-state index in [9.17, 15) is 5.11 Å². The highest BCUT2D eigenvalue weighted by Gasteiger charge is 2.24. The lowest BCUT2D eigenvalue weighted by Gasteiger charge is -2.16. The summed E-state index contributed by atoms with van der Waals surface area (Å²) in [5.41, 5.74) is 2.23. The normalized spacial score (nSPS) is 16.6. The Morgan fingerprint density at radius 1 is 1.30 bits per heavy atom. The molecule has 2 N–H and O–H groups in total. The van der Waals surface area contributed by atoms with Gasteiger partial charge in [-0.15, -0.1) is 11.8 Å². The number of phenolic OH excluding ortho intramolecular Hbond substituents is 1. The lowest BCUT2D eigenvalue weighted by molar-refractivity contribution is 0.338. The van der Waals surface area contributed by atoms with Crippen LogP contribution in [0.4, 0.5) is 5.69 Å². The summed E-state index contributed by atoms with van der Waals surface area (Å²) in [4.78, 5) is 1.25. The Hall–Kier alpha value is -1.81. The first kappa shape index (κ1) is 13.2. The molecule has 0 aliphatic carbocycles. The van der Waals surface area contributed by atoms with Crippen molar-refractivity contribution < 1.29 is 9.84 Å². The first-order chi connectivity index (χ1) is 9.78. The summed E-state index contributed by atoms with van der Waals surface area (Å²) in [6.07, 6.45) is 0. The van der Waals surface area contributed by atoms with Gasteiger partial charge in [0, 0.05) is 22.2 Å². The molecule has 3 nitrogen and oxygen atoms in total. The van der Waals surface area contributed by atoms with E-state index in [0.29, 0.717) is 6.61 Å². The highest BCUT2D eigenvalue weighted by atomic mass is 32.2. The van der Waals surface area contributed by atoms with Crippen molar-refractivity contribution in [3.8, 4) is 11.5 Å². The topological polar surface area (TPSA) is 41.5 Å². The lowest BCUT2D eigenvalue weighted by Crippen LogP contribution is -2.12. The van der Waals surface area contributed by atoms with E-state index in [1.165, 1.54) is 4.90 Å². The molecule has 20 heavy (non-hydrogen) atoms. The fourth-order valence-electron chi connectivity index (χ4n) is 2.37. The van der Waals surface area contributed by atoms with Crippen molar-refractivity contribution >= 4 is 17.4 Å². The van der Waals surface area contributed by atoms with Crippen LogP contribution in [0.25, 0.3) is 0 Å². The van der Waals surface area contributed by atoms with Crippen LogP contribution in [0, 0.1) is 0 Å². The van der Waals surface area contributed by atoms with Crippen LogP contribution in [-0.2, 0) is 0 Å². The maximum absolute atomic E-state index is 9.48. The molecule has 0 amide bonds. The lowest BCUT2D eigenvalue weighted by atomic mass is 10.1. The second-order valence-corrected chi connectivity index (χ2v) is 5.97. The molecule has 0 fully saturated rings. The van der Waals surface area contributed by atoms with E-state index in [4.69, 9.17) is 4.74 Å². The molecule has 0 radical (unpaired) electrons. The highest BCUT2D eigenvalue weighted by Crippen LogP contribution is 2.38. The number of benzene rings is 2. The second kappa shape index (κ2) is 5.67. The summed E-state index contributed by atoms with van der Waals surface area (Å²) >= 11 is 1.83. The number of fused-ring (bicyclic) bond motifs is 1. The Kier molecular flexibility index (Phi) is 3.74. The van der Waals surface area contributed by atoms with Crippen LogP contribution in [0.15, 0.2) is 47.4 Å². The molecular formula is C16H17NO2S. The summed E-state index contributed by atoms with van der Waals surface area (Å²) in [7, 11) is 0. The van der Waals surface area contributed by atoms with Crippen LogP contribution in [0.3, 0.4) is 0 Å². The van der Waals surface area contributed by atoms with E-state index in [2.05, 4.69) is 30.4 Å². The van der Waals surface area contributed by atoms with Crippen molar-refractivity contribution in [3.63, 3.8) is 0 Å². The molecule has 2 aromatic rings. The number of rotatable bonds is 4. The minimum atomic E-state index is 0.129. The number of ether oxygens (including phenoxy) is 1. The van der Waals surface area contributed by atoms with Gasteiger partial charge < -0.3 is 15.2 Å². The average Bonchev–Trinajstić information content (AvgIpc) is 2.83. The molecule has 3 rings (SSSR count). The van der Waals surface area contributed by atoms with Crippen LogP contribution in [0.2, 0.25) is 0 Å². The molecule has 0 saturated carbocycles. The fourth-order valence-corrected chi connectivity index (χ4v) is 3.14. The summed E-state index contributed by atoms with van der Waals surface area (Å²) in [5.74, 6) is 2.05. The van der Waals surface area contributed by atoms with Gasteiger partial charge in [0.2, 0.25) is 0 Å². The van der Waals surface area contributed by atoms with Crippen LogP contribution in [-0.4, -0.2) is 17.5 Å². The molecular weight excluding hydrogens is 270 g/mol. The molecule has 0 spiro atoms. The van der Waals surface area contributed by atoms with E-state index in [-0.39, 0.29) is 11.8 Å². The number of para-hydroxylation sites is 1. The standard InChI is InChI=1S/C16H17NO2S/c1-2-20-16-6-4-3-5-13(16)17-14-10-19-15-9-11(18)7-8-12(14)15/h3-9,14,17-18H,2,10H2,1H3. The first-order valence-corrected chi connectivity index (χ1v) is 7.70. The van der Waals surface area contributed by atoms with Gasteiger partial charge in [0.25, 0.3) is 0 Å². The largest absolute Gasteiger partial charge is 0.508 e. The van der Waals surface area contributed by atoms with Gasteiger partial charge in [-0.2, -0.15) is 0 Å². The molecule has 1 heterocycles. The van der Waals surface area contributed by atoms with Crippen LogP contribution in [0.1, 0.15) is 18.5 Å². The van der Waals surface area contributed by atoms with E-state index >= 15 is 0 Å². The molecule has 0 saturated heterocycles. The molecule has 0 bridgehead atoms. The molecule has 1 aliphatic rings. The molecule has 104 valence electrons. The van der Waals surface area contributed by atoms with Crippen molar-refractivity contribution in [2.75, 3.05) is 17.7 Å². The van der Waals surface area contributed by atoms with Gasteiger partial charge in [0.1, 0.15) is 18.1 Å². The SMILES string of the molecule is CCSc1ccccc1NC1COc2cc(O)ccc21. The minimum absolute atomic E-state index is 0.129. The van der Waals surface area contributed by atoms with Crippen molar-refractivity contribution in [2.24, 2.45) is 0 Å². The highest BCUT2D eigenvalue weighted by molar-refractivity contribution is 7.99. The van der Waals surface area contributed by atoms with E-state index < -0.39 is 0 Å². The Labute approximate surface area is 123 Å². The zero-order valence-electron chi connectivity index (χ0n) is 11.3. The third-order valence-corrected chi connectivity index (χ3v) is 4.25. The molecule has 1 aliphatic heterocycles. The van der Waals surface area contributed by atoms with Crippen molar-refractivity contribution in [1.82, 2.24) is 0 Å². The smallest absolute Gasteiger partial charge is 0.128 e. The number of aromatic hydroxyl groups is 1. The predicted molar refractivity (Wildman–Crippen MR) is 82.8 cm³/mol. The first-order valence-electron chi connectivity index (χ1n) is 6.72. The van der Waals surface area contributed by atoms with Gasteiger partial charge in [-0.3, -0.25) is 0 Å². The number of nitrogens with one attached hydrogen (secondary N) is 1.